The molecular formula is C15H26N4O. The smallest absolute Gasteiger partial charge is 0.223 e. The van der Waals surface area contributed by atoms with E-state index in [1.54, 1.807) is 0 Å². The van der Waals surface area contributed by atoms with Crippen LogP contribution < -0.4 is 5.32 Å². The van der Waals surface area contributed by atoms with E-state index < -0.39 is 0 Å². The van der Waals surface area contributed by atoms with Gasteiger partial charge in [0.1, 0.15) is 0 Å². The maximum Gasteiger partial charge on any atom is 0.223 e. The highest BCUT2D eigenvalue weighted by molar-refractivity contribution is 4.89. The molecule has 1 saturated heterocycles. The lowest BCUT2D eigenvalue weighted by molar-refractivity contribution is 0.147. The van der Waals surface area contributed by atoms with Crippen molar-refractivity contribution in [3.8, 4) is 0 Å². The van der Waals surface area contributed by atoms with Gasteiger partial charge in [-0.25, -0.2) is 0 Å². The first-order valence-corrected chi connectivity index (χ1v) is 8.06. The number of aryl methyl sites for hydroxylation is 1. The van der Waals surface area contributed by atoms with Crippen LogP contribution in [0.4, 0.5) is 0 Å². The summed E-state index contributed by atoms with van der Waals surface area (Å²) in [5.74, 6) is 2.40. The second-order valence-corrected chi connectivity index (χ2v) is 6.24. The molecule has 20 heavy (non-hydrogen) atoms. The normalized spacial score (nSPS) is 25.9. The van der Waals surface area contributed by atoms with Gasteiger partial charge >= 0.3 is 0 Å². The van der Waals surface area contributed by atoms with Crippen molar-refractivity contribution in [3.63, 3.8) is 0 Å². The lowest BCUT2D eigenvalue weighted by Gasteiger charge is -2.39. The average molecular weight is 278 g/mol. The lowest BCUT2D eigenvalue weighted by atomic mass is 9.83. The van der Waals surface area contributed by atoms with Gasteiger partial charge in [0.2, 0.25) is 5.89 Å². The molecule has 1 saturated carbocycles. The lowest BCUT2D eigenvalue weighted by Crippen LogP contribution is -2.54. The minimum Gasteiger partial charge on any atom is -0.340 e. The second-order valence-electron chi connectivity index (χ2n) is 6.24. The van der Waals surface area contributed by atoms with Gasteiger partial charge in [-0.1, -0.05) is 24.4 Å². The average Bonchev–Trinajstić information content (AvgIpc) is 2.92. The molecule has 5 nitrogen and oxygen atoms in total. The second kappa shape index (κ2) is 6.68. The van der Waals surface area contributed by atoms with Gasteiger partial charge in [0.15, 0.2) is 5.82 Å². The van der Waals surface area contributed by atoms with E-state index >= 15 is 0 Å². The van der Waals surface area contributed by atoms with E-state index in [4.69, 9.17) is 4.52 Å². The maximum absolute atomic E-state index is 5.03. The molecule has 0 aromatic carbocycles. The van der Waals surface area contributed by atoms with Crippen LogP contribution in [0.5, 0.6) is 0 Å². The van der Waals surface area contributed by atoms with Crippen LogP contribution in [0, 0.1) is 12.8 Å². The zero-order chi connectivity index (χ0) is 13.8. The number of hydrogen-bond acceptors (Lipinski definition) is 5. The Morgan fingerprint density at radius 1 is 1.30 bits per heavy atom. The van der Waals surface area contributed by atoms with Crippen molar-refractivity contribution < 1.29 is 4.52 Å². The van der Waals surface area contributed by atoms with Gasteiger partial charge in [-0.2, -0.15) is 4.98 Å². The van der Waals surface area contributed by atoms with E-state index in [-0.39, 0.29) is 0 Å². The van der Waals surface area contributed by atoms with E-state index in [0.29, 0.717) is 11.9 Å². The SMILES string of the molecule is Cc1nc(CCN2CCNC(C3CCCCC3)C2)no1. The molecule has 1 N–H and O–H groups in total. The molecule has 112 valence electrons. The van der Waals surface area contributed by atoms with Crippen molar-refractivity contribution in [1.82, 2.24) is 20.4 Å². The summed E-state index contributed by atoms with van der Waals surface area (Å²) in [6, 6.07) is 0.691. The molecule has 1 aromatic rings. The summed E-state index contributed by atoms with van der Waals surface area (Å²) in [7, 11) is 0. The number of aromatic nitrogens is 2. The molecule has 2 fully saturated rings. The first-order chi connectivity index (χ1) is 9.81. The van der Waals surface area contributed by atoms with Crippen molar-refractivity contribution in [2.24, 2.45) is 5.92 Å². The Labute approximate surface area is 121 Å². The highest BCUT2D eigenvalue weighted by Gasteiger charge is 2.27. The molecule has 0 amide bonds. The highest BCUT2D eigenvalue weighted by Crippen LogP contribution is 2.27. The number of piperazine rings is 1. The monoisotopic (exact) mass is 278 g/mol. The molecule has 3 rings (SSSR count). The first-order valence-electron chi connectivity index (χ1n) is 8.06. The van der Waals surface area contributed by atoms with Crippen LogP contribution in [-0.2, 0) is 6.42 Å². The molecule has 0 bridgehead atoms. The van der Waals surface area contributed by atoms with Crippen molar-refractivity contribution in [2.75, 3.05) is 26.2 Å². The highest BCUT2D eigenvalue weighted by atomic mass is 16.5. The zero-order valence-electron chi connectivity index (χ0n) is 12.5. The summed E-state index contributed by atoms with van der Waals surface area (Å²) >= 11 is 0. The standard InChI is InChI=1S/C15H26N4O/c1-12-17-15(18-20-12)7-9-19-10-8-16-14(11-19)13-5-3-2-4-6-13/h13-14,16H,2-11H2,1H3. The van der Waals surface area contributed by atoms with Gasteiger partial charge in [0, 0.05) is 45.6 Å². The third-order valence-corrected chi connectivity index (χ3v) is 4.73. The molecular weight excluding hydrogens is 252 g/mol. The molecule has 0 spiro atoms. The van der Waals surface area contributed by atoms with E-state index in [9.17, 15) is 0 Å². The molecule has 5 heteroatoms. The van der Waals surface area contributed by atoms with Crippen LogP contribution in [0.2, 0.25) is 0 Å². The van der Waals surface area contributed by atoms with Crippen molar-refractivity contribution in [1.29, 1.82) is 0 Å². The van der Waals surface area contributed by atoms with Crippen LogP contribution in [0.25, 0.3) is 0 Å². The minimum absolute atomic E-state index is 0.667. The summed E-state index contributed by atoms with van der Waals surface area (Å²) in [5, 5.41) is 7.71. The van der Waals surface area contributed by atoms with Gasteiger partial charge < -0.3 is 14.7 Å². The molecule has 0 radical (unpaired) electrons. The fourth-order valence-corrected chi connectivity index (χ4v) is 3.60. The predicted molar refractivity (Wildman–Crippen MR) is 77.5 cm³/mol. The molecule has 1 atom stereocenters. The number of nitrogens with one attached hydrogen (secondary N) is 1. The summed E-state index contributed by atoms with van der Waals surface area (Å²) in [4.78, 5) is 6.84. The third-order valence-electron chi connectivity index (χ3n) is 4.73. The minimum atomic E-state index is 0.667. The van der Waals surface area contributed by atoms with E-state index in [2.05, 4.69) is 20.4 Å². The Balaban J connectivity index is 1.47. The Hall–Kier alpha value is -0.940. The van der Waals surface area contributed by atoms with Crippen molar-refractivity contribution in [3.05, 3.63) is 11.7 Å². The van der Waals surface area contributed by atoms with Gasteiger partial charge in [-0.3, -0.25) is 0 Å². The first kappa shape index (κ1) is 14.0. The van der Waals surface area contributed by atoms with Crippen LogP contribution in [0.1, 0.15) is 43.8 Å². The number of hydrogen-bond donors (Lipinski definition) is 1. The summed E-state index contributed by atoms with van der Waals surface area (Å²) in [6.45, 7) is 6.33. The van der Waals surface area contributed by atoms with Crippen LogP contribution in [0.15, 0.2) is 4.52 Å². The molecule has 1 unspecified atom stereocenters. The Morgan fingerprint density at radius 3 is 2.90 bits per heavy atom. The molecule has 1 aliphatic carbocycles. The van der Waals surface area contributed by atoms with Crippen molar-refractivity contribution in [2.45, 2.75) is 51.5 Å². The fraction of sp³-hybridized carbons (Fsp3) is 0.867. The Kier molecular flexibility index (Phi) is 4.68. The van der Waals surface area contributed by atoms with Crippen molar-refractivity contribution >= 4 is 0 Å². The predicted octanol–water partition coefficient (Wildman–Crippen LogP) is 1.77. The number of rotatable bonds is 4. The summed E-state index contributed by atoms with van der Waals surface area (Å²) in [5.41, 5.74) is 0. The fourth-order valence-electron chi connectivity index (χ4n) is 3.60. The van der Waals surface area contributed by atoms with Crippen LogP contribution in [0.3, 0.4) is 0 Å². The van der Waals surface area contributed by atoms with E-state index in [0.717, 1.165) is 37.8 Å². The molecule has 1 aliphatic heterocycles. The van der Waals surface area contributed by atoms with Crippen LogP contribution >= 0.6 is 0 Å². The molecule has 2 aliphatic rings. The number of nitrogens with zero attached hydrogens (tertiary/aromatic N) is 3. The summed E-state index contributed by atoms with van der Waals surface area (Å²) < 4.78 is 5.03. The van der Waals surface area contributed by atoms with E-state index in [1.165, 1.54) is 38.6 Å². The van der Waals surface area contributed by atoms with Gasteiger partial charge in [-0.05, 0) is 18.8 Å². The maximum atomic E-state index is 5.03. The largest absolute Gasteiger partial charge is 0.340 e. The van der Waals surface area contributed by atoms with Gasteiger partial charge in [-0.15, -0.1) is 0 Å². The Morgan fingerprint density at radius 2 is 2.15 bits per heavy atom. The third kappa shape index (κ3) is 3.58. The van der Waals surface area contributed by atoms with Crippen LogP contribution in [-0.4, -0.2) is 47.3 Å². The zero-order valence-corrected chi connectivity index (χ0v) is 12.5. The molecule has 1 aromatic heterocycles. The topological polar surface area (TPSA) is 54.2 Å². The Bertz CT molecular complexity index is 414. The van der Waals surface area contributed by atoms with Gasteiger partial charge in [0.25, 0.3) is 0 Å². The quantitative estimate of drug-likeness (QED) is 0.910. The summed E-state index contributed by atoms with van der Waals surface area (Å²) in [6.07, 6.45) is 8.00. The van der Waals surface area contributed by atoms with E-state index in [1.807, 2.05) is 6.92 Å². The molecule has 2 heterocycles. The van der Waals surface area contributed by atoms with Gasteiger partial charge in [0.05, 0.1) is 0 Å².